The van der Waals surface area contributed by atoms with E-state index in [1.807, 2.05) is 4.90 Å². The molecule has 6 heteroatoms. The predicted octanol–water partition coefficient (Wildman–Crippen LogP) is 2.98. The number of piperidine rings is 1. The number of rotatable bonds is 9. The zero-order chi connectivity index (χ0) is 19.8. The number of hydrogen-bond acceptors (Lipinski definition) is 4. The second-order valence-corrected chi connectivity index (χ2v) is 7.20. The summed E-state index contributed by atoms with van der Waals surface area (Å²) in [6.07, 6.45) is 1.86. The Morgan fingerprint density at radius 3 is 2.41 bits per heavy atom. The van der Waals surface area contributed by atoms with Crippen LogP contribution >= 0.6 is 0 Å². The van der Waals surface area contributed by atoms with Crippen molar-refractivity contribution in [2.75, 3.05) is 39.8 Å². The maximum atomic E-state index is 12.9. The van der Waals surface area contributed by atoms with Gasteiger partial charge in [0.15, 0.2) is 0 Å². The van der Waals surface area contributed by atoms with Crippen molar-refractivity contribution < 1.29 is 19.4 Å². The molecule has 150 valence electrons. The fourth-order valence-electron chi connectivity index (χ4n) is 3.89. The standard InChI is InChI=1S/C21H32N2O4/c1-4-22(5-2)12-10-18-15-23(13-11-17(18)14-20(24)25)21(26)16-6-8-19(27-3)9-7-16/h6-9,17-18H,4-5,10-15H2,1-3H3,(H,24,25)/t17-,18+/m0/s1. The van der Waals surface area contributed by atoms with Crippen LogP contribution < -0.4 is 4.74 Å². The molecule has 1 amide bonds. The largest absolute Gasteiger partial charge is 0.497 e. The quantitative estimate of drug-likeness (QED) is 0.717. The molecule has 0 radical (unpaired) electrons. The predicted molar refractivity (Wildman–Crippen MR) is 105 cm³/mol. The smallest absolute Gasteiger partial charge is 0.303 e. The SMILES string of the molecule is CCN(CC)CC[C@@H]1CN(C(=O)c2ccc(OC)cc2)CC[C@H]1CC(=O)O. The molecular formula is C21H32N2O4. The topological polar surface area (TPSA) is 70.1 Å². The summed E-state index contributed by atoms with van der Waals surface area (Å²) in [5, 5.41) is 9.25. The maximum absolute atomic E-state index is 12.9. The number of amides is 1. The molecule has 1 fully saturated rings. The molecule has 1 saturated heterocycles. The summed E-state index contributed by atoms with van der Waals surface area (Å²) >= 11 is 0. The average Bonchev–Trinajstić information content (AvgIpc) is 2.69. The van der Waals surface area contributed by atoms with Gasteiger partial charge in [0.25, 0.3) is 5.91 Å². The van der Waals surface area contributed by atoms with E-state index in [4.69, 9.17) is 4.74 Å². The van der Waals surface area contributed by atoms with Gasteiger partial charge in [0, 0.05) is 25.1 Å². The fraction of sp³-hybridized carbons (Fsp3) is 0.619. The molecule has 27 heavy (non-hydrogen) atoms. The normalized spacial score (nSPS) is 19.9. The van der Waals surface area contributed by atoms with Crippen LogP contribution in [0.1, 0.15) is 43.5 Å². The first-order valence-electron chi connectivity index (χ1n) is 9.85. The van der Waals surface area contributed by atoms with Crippen molar-refractivity contribution in [1.29, 1.82) is 0 Å². The molecule has 1 aromatic rings. The number of methoxy groups -OCH3 is 1. The van der Waals surface area contributed by atoms with Crippen molar-refractivity contribution >= 4 is 11.9 Å². The lowest BCUT2D eigenvalue weighted by Crippen LogP contribution is -2.45. The Morgan fingerprint density at radius 1 is 1.19 bits per heavy atom. The zero-order valence-corrected chi connectivity index (χ0v) is 16.7. The molecule has 0 saturated carbocycles. The van der Waals surface area contributed by atoms with E-state index in [0.717, 1.165) is 38.2 Å². The number of carboxylic acids is 1. The number of benzene rings is 1. The number of nitrogens with zero attached hydrogens (tertiary/aromatic N) is 2. The molecule has 0 aromatic heterocycles. The third-order valence-corrected chi connectivity index (χ3v) is 5.66. The van der Waals surface area contributed by atoms with Gasteiger partial charge >= 0.3 is 5.97 Å². The van der Waals surface area contributed by atoms with Crippen molar-refractivity contribution in [3.63, 3.8) is 0 Å². The highest BCUT2D eigenvalue weighted by Crippen LogP contribution is 2.30. The van der Waals surface area contributed by atoms with E-state index in [1.165, 1.54) is 0 Å². The minimum Gasteiger partial charge on any atom is -0.497 e. The lowest BCUT2D eigenvalue weighted by atomic mass is 9.81. The van der Waals surface area contributed by atoms with Crippen molar-refractivity contribution in [1.82, 2.24) is 9.80 Å². The number of aliphatic carboxylic acids is 1. The summed E-state index contributed by atoms with van der Waals surface area (Å²) in [5.74, 6) is 0.349. The van der Waals surface area contributed by atoms with Crippen molar-refractivity contribution in [2.45, 2.75) is 33.1 Å². The van der Waals surface area contributed by atoms with Crippen LogP contribution in [0.15, 0.2) is 24.3 Å². The Kier molecular flexibility index (Phi) is 8.10. The van der Waals surface area contributed by atoms with Crippen LogP contribution in [0.25, 0.3) is 0 Å². The van der Waals surface area contributed by atoms with Gasteiger partial charge in [0.05, 0.1) is 7.11 Å². The number of carbonyl (C=O) groups is 2. The van der Waals surface area contributed by atoms with Gasteiger partial charge < -0.3 is 19.6 Å². The van der Waals surface area contributed by atoms with Crippen LogP contribution in [0.2, 0.25) is 0 Å². The summed E-state index contributed by atoms with van der Waals surface area (Å²) in [7, 11) is 1.60. The van der Waals surface area contributed by atoms with Gasteiger partial charge in [-0.25, -0.2) is 0 Å². The third kappa shape index (κ3) is 5.96. The molecule has 0 spiro atoms. The molecule has 6 nitrogen and oxygen atoms in total. The lowest BCUT2D eigenvalue weighted by molar-refractivity contribution is -0.139. The number of likely N-dealkylation sites (tertiary alicyclic amines) is 1. The van der Waals surface area contributed by atoms with E-state index in [-0.39, 0.29) is 24.2 Å². The Balaban J connectivity index is 2.05. The monoisotopic (exact) mass is 376 g/mol. The summed E-state index contributed by atoms with van der Waals surface area (Å²) < 4.78 is 5.15. The highest BCUT2D eigenvalue weighted by atomic mass is 16.5. The van der Waals surface area contributed by atoms with E-state index in [1.54, 1.807) is 31.4 Å². The van der Waals surface area contributed by atoms with Crippen LogP contribution in [-0.4, -0.2) is 66.6 Å². The minimum absolute atomic E-state index is 0.0132. The Labute approximate surface area is 162 Å². The van der Waals surface area contributed by atoms with Gasteiger partial charge in [-0.15, -0.1) is 0 Å². The van der Waals surface area contributed by atoms with Gasteiger partial charge in [-0.3, -0.25) is 9.59 Å². The van der Waals surface area contributed by atoms with Crippen LogP contribution in [0, 0.1) is 11.8 Å². The lowest BCUT2D eigenvalue weighted by Gasteiger charge is -2.39. The summed E-state index contributed by atoms with van der Waals surface area (Å²) in [4.78, 5) is 28.4. The molecular weight excluding hydrogens is 344 g/mol. The van der Waals surface area contributed by atoms with Crippen LogP contribution in [-0.2, 0) is 4.79 Å². The summed E-state index contributed by atoms with van der Waals surface area (Å²) in [5.41, 5.74) is 0.648. The first-order chi connectivity index (χ1) is 13.0. The Hall–Kier alpha value is -2.08. The van der Waals surface area contributed by atoms with E-state index < -0.39 is 5.97 Å². The van der Waals surface area contributed by atoms with Crippen LogP contribution in [0.3, 0.4) is 0 Å². The van der Waals surface area contributed by atoms with Gasteiger partial charge in [0.1, 0.15) is 5.75 Å². The molecule has 1 aliphatic rings. The van der Waals surface area contributed by atoms with Crippen LogP contribution in [0.5, 0.6) is 5.75 Å². The van der Waals surface area contributed by atoms with E-state index >= 15 is 0 Å². The summed E-state index contributed by atoms with van der Waals surface area (Å²) in [6.45, 7) is 8.44. The second kappa shape index (κ2) is 10.3. The van der Waals surface area contributed by atoms with Gasteiger partial charge in [0.2, 0.25) is 0 Å². The zero-order valence-electron chi connectivity index (χ0n) is 16.7. The highest BCUT2D eigenvalue weighted by molar-refractivity contribution is 5.94. The molecule has 1 heterocycles. The van der Waals surface area contributed by atoms with Crippen molar-refractivity contribution in [3.05, 3.63) is 29.8 Å². The van der Waals surface area contributed by atoms with Gasteiger partial charge in [-0.05, 0) is 68.6 Å². The fourth-order valence-corrected chi connectivity index (χ4v) is 3.89. The van der Waals surface area contributed by atoms with E-state index in [9.17, 15) is 14.7 Å². The molecule has 2 rings (SSSR count). The summed E-state index contributed by atoms with van der Waals surface area (Å²) in [6, 6.07) is 7.16. The molecule has 0 bridgehead atoms. The van der Waals surface area contributed by atoms with Crippen LogP contribution in [0.4, 0.5) is 0 Å². The number of carboxylic acid groups (broad SMARTS) is 1. The average molecular weight is 376 g/mol. The molecule has 1 aliphatic heterocycles. The second-order valence-electron chi connectivity index (χ2n) is 7.20. The Morgan fingerprint density at radius 2 is 1.85 bits per heavy atom. The molecule has 1 N–H and O–H groups in total. The molecule has 0 aliphatic carbocycles. The van der Waals surface area contributed by atoms with Crippen molar-refractivity contribution in [2.24, 2.45) is 11.8 Å². The maximum Gasteiger partial charge on any atom is 0.303 e. The van der Waals surface area contributed by atoms with Gasteiger partial charge in [-0.2, -0.15) is 0 Å². The number of ether oxygens (including phenoxy) is 1. The Bertz CT molecular complexity index is 613. The number of hydrogen-bond donors (Lipinski definition) is 1. The molecule has 0 unspecified atom stereocenters. The molecule has 2 atom stereocenters. The highest BCUT2D eigenvalue weighted by Gasteiger charge is 2.33. The molecule has 1 aromatic carbocycles. The van der Waals surface area contributed by atoms with E-state index in [0.29, 0.717) is 18.7 Å². The number of carbonyl (C=O) groups excluding carboxylic acids is 1. The van der Waals surface area contributed by atoms with Crippen molar-refractivity contribution in [3.8, 4) is 5.75 Å². The third-order valence-electron chi connectivity index (χ3n) is 5.66. The van der Waals surface area contributed by atoms with Gasteiger partial charge in [-0.1, -0.05) is 13.8 Å². The first-order valence-corrected chi connectivity index (χ1v) is 9.85. The first kappa shape index (κ1) is 21.2. The minimum atomic E-state index is -0.747. The van der Waals surface area contributed by atoms with E-state index in [2.05, 4.69) is 18.7 Å².